The largest absolute Gasteiger partial charge is 0.375 e. The molecule has 3 heteroatoms. The van der Waals surface area contributed by atoms with Crippen LogP contribution in [0.15, 0.2) is 30.3 Å². The zero-order valence-corrected chi connectivity index (χ0v) is 10.2. The minimum Gasteiger partial charge on any atom is -0.375 e. The topological polar surface area (TPSA) is 56.0 Å². The van der Waals surface area contributed by atoms with E-state index >= 15 is 0 Å². The zero-order chi connectivity index (χ0) is 12.5. The van der Waals surface area contributed by atoms with Crippen LogP contribution in [0.3, 0.4) is 0 Å². The minimum absolute atomic E-state index is 0.0389. The molecule has 17 heavy (non-hydrogen) atoms. The molecule has 4 atom stereocenters. The second-order valence-corrected chi connectivity index (χ2v) is 4.92. The third-order valence-corrected chi connectivity index (χ3v) is 3.93. The smallest absolute Gasteiger partial charge is 0.159 e. The lowest BCUT2D eigenvalue weighted by Gasteiger charge is -2.43. The van der Waals surface area contributed by atoms with Crippen LogP contribution in [0.4, 0.5) is 0 Å². The van der Waals surface area contributed by atoms with E-state index in [1.54, 1.807) is 0 Å². The maximum atomic E-state index is 10.4. The molecule has 0 spiro atoms. The first kappa shape index (κ1) is 12.1. The van der Waals surface area contributed by atoms with E-state index in [0.29, 0.717) is 6.54 Å². The van der Waals surface area contributed by atoms with Crippen LogP contribution in [0.1, 0.15) is 25.5 Å². The molecule has 1 aliphatic heterocycles. The van der Waals surface area contributed by atoms with Crippen LogP contribution in [0.5, 0.6) is 0 Å². The van der Waals surface area contributed by atoms with Crippen molar-refractivity contribution < 1.29 is 5.11 Å². The number of nitriles is 1. The first-order valence-corrected chi connectivity index (χ1v) is 6.01. The number of benzene rings is 1. The summed E-state index contributed by atoms with van der Waals surface area (Å²) in [4.78, 5) is 0. The number of hydrogen-bond donors (Lipinski definition) is 2. The quantitative estimate of drug-likeness (QED) is 0.724. The molecular formula is C14H18N2O. The number of aliphatic hydroxyl groups is 1. The fraction of sp³-hybridized carbons (Fsp3) is 0.500. The van der Waals surface area contributed by atoms with Crippen molar-refractivity contribution in [3.8, 4) is 6.07 Å². The maximum Gasteiger partial charge on any atom is 0.159 e. The minimum atomic E-state index is -1.24. The lowest BCUT2D eigenvalue weighted by molar-refractivity contribution is -0.0446. The summed E-state index contributed by atoms with van der Waals surface area (Å²) >= 11 is 0. The average Bonchev–Trinajstić information content (AvgIpc) is 2.37. The fourth-order valence-electron chi connectivity index (χ4n) is 2.62. The summed E-state index contributed by atoms with van der Waals surface area (Å²) in [5, 5.41) is 23.1. The number of nitrogens with one attached hydrogen (secondary N) is 1. The summed E-state index contributed by atoms with van der Waals surface area (Å²) in [5.41, 5.74) is -0.119. The number of nitrogens with zero attached hydrogens (tertiary/aromatic N) is 1. The molecule has 1 heterocycles. The van der Waals surface area contributed by atoms with Gasteiger partial charge in [0.1, 0.15) is 0 Å². The van der Waals surface area contributed by atoms with Gasteiger partial charge in [-0.05, 0) is 5.56 Å². The molecule has 1 aromatic rings. The van der Waals surface area contributed by atoms with Crippen LogP contribution in [0.25, 0.3) is 0 Å². The van der Waals surface area contributed by atoms with Crippen molar-refractivity contribution in [2.45, 2.75) is 25.5 Å². The molecule has 0 bridgehead atoms. The van der Waals surface area contributed by atoms with Crippen molar-refractivity contribution in [2.24, 2.45) is 11.8 Å². The third kappa shape index (κ3) is 1.95. The van der Waals surface area contributed by atoms with Gasteiger partial charge in [-0.25, -0.2) is 0 Å². The third-order valence-electron chi connectivity index (χ3n) is 3.93. The Hall–Kier alpha value is -1.37. The second kappa shape index (κ2) is 4.48. The van der Waals surface area contributed by atoms with Crippen molar-refractivity contribution >= 4 is 0 Å². The summed E-state index contributed by atoms with van der Waals surface area (Å²) in [6.45, 7) is 4.51. The van der Waals surface area contributed by atoms with Crippen LogP contribution in [0, 0.1) is 23.2 Å². The van der Waals surface area contributed by atoms with E-state index in [9.17, 15) is 10.4 Å². The summed E-state index contributed by atoms with van der Waals surface area (Å²) in [7, 11) is 0. The zero-order valence-electron chi connectivity index (χ0n) is 10.2. The van der Waals surface area contributed by atoms with E-state index in [-0.39, 0.29) is 17.9 Å². The molecule has 0 amide bonds. The first-order chi connectivity index (χ1) is 8.09. The van der Waals surface area contributed by atoms with Crippen molar-refractivity contribution in [1.29, 1.82) is 5.26 Å². The molecule has 1 aliphatic rings. The highest BCUT2D eigenvalue weighted by molar-refractivity contribution is 5.24. The monoisotopic (exact) mass is 230 g/mol. The normalized spacial score (nSPS) is 37.4. The molecule has 90 valence electrons. The fourth-order valence-corrected chi connectivity index (χ4v) is 2.62. The Bertz CT molecular complexity index is 426. The number of rotatable bonds is 1. The van der Waals surface area contributed by atoms with Crippen molar-refractivity contribution in [1.82, 2.24) is 5.32 Å². The number of hydrogen-bond acceptors (Lipinski definition) is 3. The lowest BCUT2D eigenvalue weighted by Crippen LogP contribution is -2.55. The molecule has 0 unspecified atom stereocenters. The molecule has 1 aromatic carbocycles. The van der Waals surface area contributed by atoms with Gasteiger partial charge in [-0.2, -0.15) is 5.26 Å². The molecular weight excluding hydrogens is 212 g/mol. The standard InChI is InChI=1S/C14H18N2O/c1-10-8-16-13(11(2)14(10,17)9-15)12-6-4-3-5-7-12/h3-7,10-11,13,16-17H,8H2,1-2H3/t10-,11+,13+,14-/m0/s1. The van der Waals surface area contributed by atoms with Crippen molar-refractivity contribution in [3.63, 3.8) is 0 Å². The Morgan fingerprint density at radius 3 is 2.59 bits per heavy atom. The summed E-state index contributed by atoms with van der Waals surface area (Å²) in [6.07, 6.45) is 0. The molecule has 1 fully saturated rings. The van der Waals surface area contributed by atoms with Gasteiger partial charge in [0.25, 0.3) is 0 Å². The van der Waals surface area contributed by atoms with E-state index in [4.69, 9.17) is 0 Å². The van der Waals surface area contributed by atoms with E-state index in [1.165, 1.54) is 0 Å². The second-order valence-electron chi connectivity index (χ2n) is 4.92. The molecule has 0 aliphatic carbocycles. The Labute approximate surface area is 102 Å². The first-order valence-electron chi connectivity index (χ1n) is 6.01. The molecule has 3 nitrogen and oxygen atoms in total. The summed E-state index contributed by atoms with van der Waals surface area (Å²) in [6, 6.07) is 12.1. The Balaban J connectivity index is 2.31. The Kier molecular flexibility index (Phi) is 3.19. The highest BCUT2D eigenvalue weighted by Gasteiger charge is 2.47. The highest BCUT2D eigenvalue weighted by atomic mass is 16.3. The highest BCUT2D eigenvalue weighted by Crippen LogP contribution is 2.38. The number of piperidine rings is 1. The average molecular weight is 230 g/mol. The van der Waals surface area contributed by atoms with E-state index in [2.05, 4.69) is 11.4 Å². The van der Waals surface area contributed by atoms with E-state index in [1.807, 2.05) is 44.2 Å². The molecule has 0 aromatic heterocycles. The lowest BCUT2D eigenvalue weighted by atomic mass is 9.71. The van der Waals surface area contributed by atoms with Crippen LogP contribution in [-0.4, -0.2) is 17.3 Å². The van der Waals surface area contributed by atoms with Crippen LogP contribution in [0.2, 0.25) is 0 Å². The van der Waals surface area contributed by atoms with Crippen molar-refractivity contribution in [3.05, 3.63) is 35.9 Å². The Morgan fingerprint density at radius 2 is 2.00 bits per heavy atom. The molecule has 0 radical (unpaired) electrons. The van der Waals surface area contributed by atoms with Gasteiger partial charge in [-0.1, -0.05) is 44.2 Å². The van der Waals surface area contributed by atoms with E-state index < -0.39 is 5.60 Å². The van der Waals surface area contributed by atoms with Gasteiger partial charge in [0.15, 0.2) is 5.60 Å². The van der Waals surface area contributed by atoms with Crippen LogP contribution >= 0.6 is 0 Å². The van der Waals surface area contributed by atoms with Crippen molar-refractivity contribution in [2.75, 3.05) is 6.54 Å². The SMILES string of the molecule is C[C@@H]1[C@H](c2ccccc2)NC[C@H](C)[C@@]1(O)C#N. The molecule has 0 saturated carbocycles. The molecule has 2 N–H and O–H groups in total. The predicted molar refractivity (Wildman–Crippen MR) is 66.1 cm³/mol. The maximum absolute atomic E-state index is 10.4. The molecule has 1 saturated heterocycles. The van der Waals surface area contributed by atoms with Gasteiger partial charge in [-0.3, -0.25) is 0 Å². The van der Waals surface area contributed by atoms with Gasteiger partial charge in [0.2, 0.25) is 0 Å². The van der Waals surface area contributed by atoms with Gasteiger partial charge in [0.05, 0.1) is 6.07 Å². The van der Waals surface area contributed by atoms with Gasteiger partial charge in [-0.15, -0.1) is 0 Å². The summed E-state index contributed by atoms with van der Waals surface area (Å²) in [5.74, 6) is -0.180. The van der Waals surface area contributed by atoms with Gasteiger partial charge >= 0.3 is 0 Å². The van der Waals surface area contributed by atoms with Gasteiger partial charge in [0, 0.05) is 24.4 Å². The van der Waals surface area contributed by atoms with Gasteiger partial charge < -0.3 is 10.4 Å². The summed E-state index contributed by atoms with van der Waals surface area (Å²) < 4.78 is 0. The van der Waals surface area contributed by atoms with Crippen LogP contribution in [-0.2, 0) is 0 Å². The molecule has 2 rings (SSSR count). The van der Waals surface area contributed by atoms with E-state index in [0.717, 1.165) is 5.56 Å². The van der Waals surface area contributed by atoms with Crippen LogP contribution < -0.4 is 5.32 Å². The predicted octanol–water partition coefficient (Wildman–Crippen LogP) is 1.86. The Morgan fingerprint density at radius 1 is 1.35 bits per heavy atom.